The molecule has 0 unspecified atom stereocenters. The van der Waals surface area contributed by atoms with Crippen molar-refractivity contribution < 1.29 is 28.4 Å². The van der Waals surface area contributed by atoms with Gasteiger partial charge in [-0.3, -0.25) is 0 Å². The van der Waals surface area contributed by atoms with E-state index in [1.165, 1.54) is 0 Å². The number of rotatable bonds is 23. The minimum Gasteiger partial charge on any atom is -0.379 e. The molecule has 0 radical (unpaired) electrons. The van der Waals surface area contributed by atoms with Gasteiger partial charge in [0.25, 0.3) is 0 Å². The van der Waals surface area contributed by atoms with Gasteiger partial charge >= 0.3 is 0 Å². The van der Waals surface area contributed by atoms with Gasteiger partial charge in [0.1, 0.15) is 24.4 Å². The van der Waals surface area contributed by atoms with E-state index in [0.717, 1.165) is 0 Å². The van der Waals surface area contributed by atoms with Crippen LogP contribution in [0.2, 0.25) is 0 Å². The topological polar surface area (TPSA) is 250 Å². The molecule has 0 spiro atoms. The van der Waals surface area contributed by atoms with Crippen molar-refractivity contribution in [2.75, 3.05) is 65.8 Å². The molecule has 1 aliphatic heterocycles. The molecule has 1 aliphatic rings. The zero-order valence-corrected chi connectivity index (χ0v) is 21.6. The van der Waals surface area contributed by atoms with Gasteiger partial charge in [0.2, 0.25) is 0 Å². The molecule has 0 aliphatic carbocycles. The fraction of sp³-hybridized carbons (Fsp3) is 1.00. The average molecular weight is 541 g/mol. The SMILES string of the molecule is CCO[C@H]1O[C@H](COCCCN=[N+]=[N-])[C@H](OCCCN=[N+]=[N-])[C@H](OCCCN=[N+]=[N-])[C@H]1OCCCN=[N+]=[N-]. The average Bonchev–Trinajstić information content (AvgIpc) is 2.92. The molecule has 212 valence electrons. The maximum absolute atomic E-state index is 8.54. The Morgan fingerprint density at radius 1 is 0.605 bits per heavy atom. The maximum atomic E-state index is 8.54. The molecule has 18 nitrogen and oxygen atoms in total. The molecular weight excluding hydrogens is 504 g/mol. The van der Waals surface area contributed by atoms with Gasteiger partial charge in [0, 0.05) is 78.9 Å². The Morgan fingerprint density at radius 3 is 1.53 bits per heavy atom. The smallest absolute Gasteiger partial charge is 0.186 e. The van der Waals surface area contributed by atoms with Crippen LogP contribution in [0.1, 0.15) is 32.6 Å². The van der Waals surface area contributed by atoms with E-state index in [4.69, 9.17) is 50.5 Å². The summed E-state index contributed by atoms with van der Waals surface area (Å²) in [5.41, 5.74) is 34.0. The van der Waals surface area contributed by atoms with E-state index in [0.29, 0.717) is 45.4 Å². The summed E-state index contributed by atoms with van der Waals surface area (Å²) in [7, 11) is 0. The Morgan fingerprint density at radius 2 is 1.05 bits per heavy atom. The van der Waals surface area contributed by atoms with E-state index in [2.05, 4.69) is 40.1 Å². The lowest BCUT2D eigenvalue weighted by molar-refractivity contribution is -0.322. The van der Waals surface area contributed by atoms with Gasteiger partial charge in [-0.2, -0.15) is 0 Å². The molecule has 0 aromatic heterocycles. The summed E-state index contributed by atoms with van der Waals surface area (Å²) in [6.07, 6.45) is -1.33. The quantitative estimate of drug-likeness (QED) is 0.0765. The first-order valence-electron chi connectivity index (χ1n) is 12.5. The van der Waals surface area contributed by atoms with Crippen molar-refractivity contribution in [1.82, 2.24) is 0 Å². The first kappa shape index (κ1) is 33.0. The molecule has 0 aromatic rings. The van der Waals surface area contributed by atoms with Crippen LogP contribution in [-0.2, 0) is 28.4 Å². The van der Waals surface area contributed by atoms with Crippen molar-refractivity contribution >= 4 is 0 Å². The van der Waals surface area contributed by atoms with Gasteiger partial charge in [-0.05, 0) is 54.7 Å². The van der Waals surface area contributed by atoms with Gasteiger partial charge in [-0.15, -0.1) is 0 Å². The Labute approximate surface area is 220 Å². The van der Waals surface area contributed by atoms with Crippen molar-refractivity contribution in [2.24, 2.45) is 20.5 Å². The predicted molar refractivity (Wildman–Crippen MR) is 135 cm³/mol. The largest absolute Gasteiger partial charge is 0.379 e. The molecule has 0 amide bonds. The minimum absolute atomic E-state index is 0.156. The van der Waals surface area contributed by atoms with Crippen LogP contribution >= 0.6 is 0 Å². The van der Waals surface area contributed by atoms with Crippen LogP contribution < -0.4 is 0 Å². The molecule has 0 aromatic carbocycles. The third-order valence-electron chi connectivity index (χ3n) is 5.14. The number of azide groups is 4. The van der Waals surface area contributed by atoms with Crippen molar-refractivity contribution in [3.05, 3.63) is 41.8 Å². The van der Waals surface area contributed by atoms with Crippen molar-refractivity contribution in [3.63, 3.8) is 0 Å². The summed E-state index contributed by atoms with van der Waals surface area (Å²) in [4.78, 5) is 11.0. The molecule has 0 bridgehead atoms. The van der Waals surface area contributed by atoms with E-state index in [1.807, 2.05) is 6.92 Å². The van der Waals surface area contributed by atoms with Gasteiger partial charge in [-0.25, -0.2) is 0 Å². The molecule has 0 saturated carbocycles. The number of nitrogens with zero attached hydrogens (tertiary/aromatic N) is 12. The lowest BCUT2D eigenvalue weighted by Gasteiger charge is -2.45. The standard InChI is InChI=1S/C20H36N12O6/c1-2-34-20-19(37-14-6-10-28-32-24)18(36-13-5-9-27-31-23)17(35-12-4-8-26-30-22)16(38-20)15-33-11-3-7-25-29-21/h16-20H,2-15H2,1H3/t16-,17+,18+,19-,20+/m1/s1. The lowest BCUT2D eigenvalue weighted by atomic mass is 9.98. The summed E-state index contributed by atoms with van der Waals surface area (Å²) in [5, 5.41) is 14.1. The first-order chi connectivity index (χ1) is 18.7. The van der Waals surface area contributed by atoms with Crippen LogP contribution in [0.3, 0.4) is 0 Å². The van der Waals surface area contributed by atoms with Gasteiger partial charge < -0.3 is 28.4 Å². The third kappa shape index (κ3) is 14.1. The Kier molecular flexibility index (Phi) is 20.1. The highest BCUT2D eigenvalue weighted by atomic mass is 16.7. The van der Waals surface area contributed by atoms with Crippen LogP contribution in [-0.4, -0.2) is 96.5 Å². The Bertz CT molecular complexity index is 827. The Hall–Kier alpha value is -3.00. The first-order valence-corrected chi connectivity index (χ1v) is 12.5. The highest BCUT2D eigenvalue weighted by Gasteiger charge is 2.48. The van der Waals surface area contributed by atoms with E-state index in [9.17, 15) is 0 Å². The highest BCUT2D eigenvalue weighted by molar-refractivity contribution is 4.93. The second-order valence-corrected chi connectivity index (χ2v) is 7.81. The van der Waals surface area contributed by atoms with Gasteiger partial charge in [0.15, 0.2) is 6.29 Å². The fourth-order valence-electron chi connectivity index (χ4n) is 3.56. The highest BCUT2D eigenvalue weighted by Crippen LogP contribution is 2.30. The van der Waals surface area contributed by atoms with Crippen LogP contribution in [0.25, 0.3) is 41.8 Å². The van der Waals surface area contributed by atoms with Gasteiger partial charge in [0.05, 0.1) is 6.61 Å². The van der Waals surface area contributed by atoms with Crippen LogP contribution in [0.5, 0.6) is 0 Å². The lowest BCUT2D eigenvalue weighted by Crippen LogP contribution is -2.62. The zero-order chi connectivity index (χ0) is 27.7. The zero-order valence-electron chi connectivity index (χ0n) is 21.6. The summed E-state index contributed by atoms with van der Waals surface area (Å²) in [6, 6.07) is 0. The number of ether oxygens (including phenoxy) is 6. The van der Waals surface area contributed by atoms with E-state index in [1.54, 1.807) is 0 Å². The molecule has 1 rings (SSSR count). The van der Waals surface area contributed by atoms with Crippen LogP contribution in [0.4, 0.5) is 0 Å². The molecule has 38 heavy (non-hydrogen) atoms. The summed E-state index contributed by atoms with van der Waals surface area (Å²) in [6.45, 7) is 4.59. The van der Waals surface area contributed by atoms with E-state index < -0.39 is 30.7 Å². The molecule has 0 N–H and O–H groups in total. The van der Waals surface area contributed by atoms with Gasteiger partial charge in [-0.1, -0.05) is 20.5 Å². The molecule has 1 saturated heterocycles. The number of hydrogen-bond donors (Lipinski definition) is 0. The monoisotopic (exact) mass is 540 g/mol. The van der Waals surface area contributed by atoms with Crippen LogP contribution in [0, 0.1) is 0 Å². The summed E-state index contributed by atoms with van der Waals surface area (Å²) < 4.78 is 36.3. The van der Waals surface area contributed by atoms with Crippen molar-refractivity contribution in [2.45, 2.75) is 63.3 Å². The second kappa shape index (κ2) is 23.1. The van der Waals surface area contributed by atoms with Crippen LogP contribution in [0.15, 0.2) is 20.5 Å². The normalized spacial score (nSPS) is 22.4. The molecule has 1 fully saturated rings. The number of hydrogen-bond acceptors (Lipinski definition) is 10. The molecule has 18 heteroatoms. The summed E-state index contributed by atoms with van der Waals surface area (Å²) >= 11 is 0. The van der Waals surface area contributed by atoms with Crippen molar-refractivity contribution in [1.29, 1.82) is 0 Å². The van der Waals surface area contributed by atoms with Crippen molar-refractivity contribution in [3.8, 4) is 0 Å². The minimum atomic E-state index is -0.790. The molecule has 5 atom stereocenters. The fourth-order valence-corrected chi connectivity index (χ4v) is 3.56. The predicted octanol–water partition coefficient (Wildman–Crippen LogP) is 4.72. The van der Waals surface area contributed by atoms with E-state index >= 15 is 0 Å². The molecular formula is C20H36N12O6. The molecule has 1 heterocycles. The Balaban J connectivity index is 3.06. The maximum Gasteiger partial charge on any atom is 0.186 e. The third-order valence-corrected chi connectivity index (χ3v) is 5.14. The van der Waals surface area contributed by atoms with E-state index in [-0.39, 0.29) is 46.1 Å². The second-order valence-electron chi connectivity index (χ2n) is 7.81. The summed E-state index contributed by atoms with van der Waals surface area (Å²) in [5.74, 6) is 0.